The maximum atomic E-state index is 4.98. The topological polar surface area (TPSA) is 45.7 Å². The zero-order chi connectivity index (χ0) is 12.1. The van der Waals surface area contributed by atoms with Gasteiger partial charge in [0.2, 0.25) is 0 Å². The van der Waals surface area contributed by atoms with E-state index in [0.717, 1.165) is 32.1 Å². The quantitative estimate of drug-likeness (QED) is 0.288. The Morgan fingerprint density at radius 1 is 1.06 bits per heavy atom. The summed E-state index contributed by atoms with van der Waals surface area (Å²) in [5.41, 5.74) is 0. The number of guanidine groups is 1. The first-order chi connectivity index (χ1) is 7.85. The van der Waals surface area contributed by atoms with E-state index < -0.39 is 0 Å². The molecule has 0 amide bonds. The van der Waals surface area contributed by atoms with Gasteiger partial charge in [0.05, 0.1) is 0 Å². The van der Waals surface area contributed by atoms with Crippen molar-refractivity contribution >= 4 is 29.9 Å². The Hall–Kier alpha value is -0.0400. The van der Waals surface area contributed by atoms with E-state index in [4.69, 9.17) is 4.74 Å². The lowest BCUT2D eigenvalue weighted by Gasteiger charge is -2.11. The van der Waals surface area contributed by atoms with Gasteiger partial charge in [-0.2, -0.15) is 0 Å². The second-order valence-electron chi connectivity index (χ2n) is 3.83. The highest BCUT2D eigenvalue weighted by Gasteiger charge is 1.95. The highest BCUT2D eigenvalue weighted by atomic mass is 127. The van der Waals surface area contributed by atoms with Gasteiger partial charge in [0, 0.05) is 33.9 Å². The molecule has 0 aliphatic rings. The third-order valence-electron chi connectivity index (χ3n) is 2.36. The molecule has 0 aromatic heterocycles. The van der Waals surface area contributed by atoms with Crippen molar-refractivity contribution in [1.29, 1.82) is 0 Å². The fourth-order valence-electron chi connectivity index (χ4n) is 1.40. The second-order valence-corrected chi connectivity index (χ2v) is 3.83. The maximum absolute atomic E-state index is 4.98. The molecule has 0 heterocycles. The molecule has 17 heavy (non-hydrogen) atoms. The van der Waals surface area contributed by atoms with Gasteiger partial charge in [0.25, 0.3) is 0 Å². The lowest BCUT2D eigenvalue weighted by molar-refractivity contribution is 0.195. The standard InChI is InChI=1S/C12H27N3O.HI/c1-4-5-6-7-9-14-12(13-2)15-10-8-11-16-3;/h4-11H2,1-3H3,(H2,13,14,15);1H. The van der Waals surface area contributed by atoms with Crippen LogP contribution in [0.1, 0.15) is 39.0 Å². The van der Waals surface area contributed by atoms with E-state index in [2.05, 4.69) is 22.5 Å². The minimum Gasteiger partial charge on any atom is -0.385 e. The summed E-state index contributed by atoms with van der Waals surface area (Å²) in [5.74, 6) is 0.896. The van der Waals surface area contributed by atoms with Crippen LogP contribution in [0.15, 0.2) is 4.99 Å². The first-order valence-corrected chi connectivity index (χ1v) is 6.28. The summed E-state index contributed by atoms with van der Waals surface area (Å²) in [6, 6.07) is 0. The van der Waals surface area contributed by atoms with Crippen LogP contribution in [0, 0.1) is 0 Å². The minimum atomic E-state index is 0. The van der Waals surface area contributed by atoms with E-state index in [-0.39, 0.29) is 24.0 Å². The van der Waals surface area contributed by atoms with E-state index in [1.165, 1.54) is 25.7 Å². The van der Waals surface area contributed by atoms with Gasteiger partial charge in [0.1, 0.15) is 0 Å². The minimum absolute atomic E-state index is 0. The van der Waals surface area contributed by atoms with Crippen molar-refractivity contribution in [1.82, 2.24) is 10.6 Å². The summed E-state index contributed by atoms with van der Waals surface area (Å²) in [7, 11) is 3.53. The Bertz CT molecular complexity index is 177. The number of nitrogens with one attached hydrogen (secondary N) is 2. The molecule has 0 bridgehead atoms. The Morgan fingerprint density at radius 3 is 2.24 bits per heavy atom. The predicted octanol–water partition coefficient (Wildman–Crippen LogP) is 2.39. The Balaban J connectivity index is 0. The third kappa shape index (κ3) is 13.9. The molecule has 0 aliphatic carbocycles. The third-order valence-corrected chi connectivity index (χ3v) is 2.36. The second kappa shape index (κ2) is 16.0. The van der Waals surface area contributed by atoms with Crippen LogP contribution in [0.3, 0.4) is 0 Å². The first kappa shape index (κ1) is 19.3. The van der Waals surface area contributed by atoms with Crippen LogP contribution < -0.4 is 10.6 Å². The van der Waals surface area contributed by atoms with Crippen LogP contribution in [0.2, 0.25) is 0 Å². The van der Waals surface area contributed by atoms with Crippen molar-refractivity contribution < 1.29 is 4.74 Å². The molecular formula is C12H28IN3O. The van der Waals surface area contributed by atoms with Crippen molar-refractivity contribution in [3.8, 4) is 0 Å². The van der Waals surface area contributed by atoms with Crippen LogP contribution in [0.4, 0.5) is 0 Å². The molecule has 0 radical (unpaired) electrons. The fraction of sp³-hybridized carbons (Fsp3) is 0.917. The van der Waals surface area contributed by atoms with Crippen molar-refractivity contribution in [3.05, 3.63) is 0 Å². The van der Waals surface area contributed by atoms with Crippen LogP contribution in [0.25, 0.3) is 0 Å². The molecule has 0 atom stereocenters. The summed E-state index contributed by atoms with van der Waals surface area (Å²) in [6.07, 6.45) is 6.12. The number of methoxy groups -OCH3 is 1. The molecule has 104 valence electrons. The van der Waals surface area contributed by atoms with Gasteiger partial charge < -0.3 is 15.4 Å². The van der Waals surface area contributed by atoms with E-state index in [0.29, 0.717) is 0 Å². The molecule has 0 fully saturated rings. The van der Waals surface area contributed by atoms with Crippen molar-refractivity contribution in [2.45, 2.75) is 39.0 Å². The molecule has 0 spiro atoms. The molecule has 5 heteroatoms. The fourth-order valence-corrected chi connectivity index (χ4v) is 1.40. The average molecular weight is 357 g/mol. The monoisotopic (exact) mass is 357 g/mol. The Labute approximate surface area is 123 Å². The SMILES string of the molecule is CCCCCCNC(=NC)NCCCOC.I. The molecule has 0 aromatic rings. The summed E-state index contributed by atoms with van der Waals surface area (Å²) >= 11 is 0. The number of rotatable bonds is 9. The van der Waals surface area contributed by atoms with Gasteiger partial charge in [-0.15, -0.1) is 24.0 Å². The smallest absolute Gasteiger partial charge is 0.190 e. The van der Waals surface area contributed by atoms with E-state index in [9.17, 15) is 0 Å². The van der Waals surface area contributed by atoms with E-state index >= 15 is 0 Å². The van der Waals surface area contributed by atoms with Gasteiger partial charge in [0.15, 0.2) is 5.96 Å². The number of nitrogens with zero attached hydrogens (tertiary/aromatic N) is 1. The predicted molar refractivity (Wildman–Crippen MR) is 85.4 cm³/mol. The molecule has 4 nitrogen and oxygen atoms in total. The highest BCUT2D eigenvalue weighted by Crippen LogP contribution is 1.96. The van der Waals surface area contributed by atoms with Crippen molar-refractivity contribution in [2.24, 2.45) is 4.99 Å². The molecule has 0 saturated carbocycles. The van der Waals surface area contributed by atoms with Crippen LogP contribution >= 0.6 is 24.0 Å². The van der Waals surface area contributed by atoms with Crippen LogP contribution in [-0.2, 0) is 4.74 Å². The van der Waals surface area contributed by atoms with Gasteiger partial charge in [-0.25, -0.2) is 0 Å². The summed E-state index contributed by atoms with van der Waals surface area (Å²) in [4.78, 5) is 4.16. The number of unbranched alkanes of at least 4 members (excludes halogenated alkanes) is 3. The molecular weight excluding hydrogens is 329 g/mol. The van der Waals surface area contributed by atoms with Gasteiger partial charge in [-0.1, -0.05) is 26.2 Å². The maximum Gasteiger partial charge on any atom is 0.190 e. The largest absolute Gasteiger partial charge is 0.385 e. The lowest BCUT2D eigenvalue weighted by atomic mass is 10.2. The van der Waals surface area contributed by atoms with Crippen LogP contribution in [-0.4, -0.2) is 39.8 Å². The van der Waals surface area contributed by atoms with Gasteiger partial charge in [-0.05, 0) is 12.8 Å². The number of hydrogen-bond acceptors (Lipinski definition) is 2. The van der Waals surface area contributed by atoms with E-state index in [1.54, 1.807) is 14.2 Å². The van der Waals surface area contributed by atoms with Gasteiger partial charge in [-0.3, -0.25) is 4.99 Å². The van der Waals surface area contributed by atoms with E-state index in [1.807, 2.05) is 0 Å². The summed E-state index contributed by atoms with van der Waals surface area (Å²) in [5, 5.41) is 6.56. The summed E-state index contributed by atoms with van der Waals surface area (Å²) in [6.45, 7) is 4.93. The van der Waals surface area contributed by atoms with Crippen molar-refractivity contribution in [2.75, 3.05) is 33.9 Å². The average Bonchev–Trinajstić information content (AvgIpc) is 2.31. The van der Waals surface area contributed by atoms with Crippen LogP contribution in [0.5, 0.6) is 0 Å². The molecule has 2 N–H and O–H groups in total. The molecule has 0 unspecified atom stereocenters. The number of hydrogen-bond donors (Lipinski definition) is 2. The van der Waals surface area contributed by atoms with Crippen molar-refractivity contribution in [3.63, 3.8) is 0 Å². The molecule has 0 aromatic carbocycles. The molecule has 0 saturated heterocycles. The lowest BCUT2D eigenvalue weighted by Crippen LogP contribution is -2.38. The van der Waals surface area contributed by atoms with Gasteiger partial charge >= 0.3 is 0 Å². The number of aliphatic imine (C=N–C) groups is 1. The Kier molecular flexibility index (Phi) is 18.1. The number of halogens is 1. The number of ether oxygens (including phenoxy) is 1. The molecule has 0 aliphatic heterocycles. The Morgan fingerprint density at radius 2 is 1.71 bits per heavy atom. The molecule has 0 rings (SSSR count). The zero-order valence-electron chi connectivity index (χ0n) is 11.4. The first-order valence-electron chi connectivity index (χ1n) is 6.28. The normalized spacial score (nSPS) is 10.9. The summed E-state index contributed by atoms with van der Waals surface area (Å²) < 4.78 is 4.98. The highest BCUT2D eigenvalue weighted by molar-refractivity contribution is 14.0. The zero-order valence-corrected chi connectivity index (χ0v) is 13.8.